The van der Waals surface area contributed by atoms with Crippen LogP contribution in [0.1, 0.15) is 40.9 Å². The van der Waals surface area contributed by atoms with Gasteiger partial charge in [-0.15, -0.1) is 11.3 Å². The van der Waals surface area contributed by atoms with Crippen molar-refractivity contribution in [2.45, 2.75) is 32.1 Å². The number of likely N-dealkylation sites (tertiary alicyclic amines) is 1. The highest BCUT2D eigenvalue weighted by atomic mass is 32.1. The summed E-state index contributed by atoms with van der Waals surface area (Å²) in [6.45, 7) is 2.60. The van der Waals surface area contributed by atoms with Gasteiger partial charge in [0.15, 0.2) is 0 Å². The molecule has 0 spiro atoms. The van der Waals surface area contributed by atoms with Gasteiger partial charge in [0.2, 0.25) is 5.91 Å². The molecule has 2 amide bonds. The Hall–Kier alpha value is -2.18. The van der Waals surface area contributed by atoms with Gasteiger partial charge in [-0.05, 0) is 74.8 Å². The van der Waals surface area contributed by atoms with E-state index in [0.717, 1.165) is 45.3 Å². The Bertz CT molecular complexity index is 768. The number of rotatable bonds is 8. The number of anilines is 1. The van der Waals surface area contributed by atoms with Crippen molar-refractivity contribution in [2.24, 2.45) is 5.92 Å². The summed E-state index contributed by atoms with van der Waals surface area (Å²) in [6.07, 6.45) is 4.30. The van der Waals surface area contributed by atoms with Crippen LogP contribution in [0.3, 0.4) is 0 Å². The lowest BCUT2D eigenvalue weighted by atomic mass is 9.96. The van der Waals surface area contributed by atoms with E-state index >= 15 is 0 Å². The normalized spacial score (nSPS) is 14.8. The summed E-state index contributed by atoms with van der Waals surface area (Å²) in [4.78, 5) is 28.2. The van der Waals surface area contributed by atoms with Crippen molar-refractivity contribution < 1.29 is 9.59 Å². The smallest absolute Gasteiger partial charge is 0.253 e. The van der Waals surface area contributed by atoms with Gasteiger partial charge < -0.3 is 15.5 Å². The van der Waals surface area contributed by atoms with Gasteiger partial charge in [-0.25, -0.2) is 0 Å². The third kappa shape index (κ3) is 5.91. The van der Waals surface area contributed by atoms with E-state index in [4.69, 9.17) is 0 Å². The Kier molecular flexibility index (Phi) is 7.62. The molecular weight excluding hydrogens is 370 g/mol. The zero-order valence-corrected chi connectivity index (χ0v) is 17.3. The molecule has 2 N–H and O–H groups in total. The molecule has 1 aliphatic rings. The van der Waals surface area contributed by atoms with Gasteiger partial charge in [-0.3, -0.25) is 9.59 Å². The molecule has 6 heteroatoms. The van der Waals surface area contributed by atoms with Crippen LogP contribution in [0.15, 0.2) is 41.8 Å². The second-order valence-corrected chi connectivity index (χ2v) is 8.39. The molecule has 0 unspecified atom stereocenters. The molecule has 150 valence electrons. The van der Waals surface area contributed by atoms with E-state index < -0.39 is 0 Å². The molecule has 0 saturated carbocycles. The van der Waals surface area contributed by atoms with Crippen molar-refractivity contribution in [1.29, 1.82) is 0 Å². The fraction of sp³-hybridized carbons (Fsp3) is 0.455. The van der Waals surface area contributed by atoms with Crippen molar-refractivity contribution in [1.82, 2.24) is 10.2 Å². The van der Waals surface area contributed by atoms with Crippen LogP contribution in [0.5, 0.6) is 0 Å². The van der Waals surface area contributed by atoms with Crippen LogP contribution in [0, 0.1) is 5.92 Å². The molecular formula is C22H29N3O2S. The van der Waals surface area contributed by atoms with Gasteiger partial charge in [-0.2, -0.15) is 0 Å². The molecule has 3 rings (SSSR count). The van der Waals surface area contributed by atoms with Crippen LogP contribution >= 0.6 is 11.3 Å². The van der Waals surface area contributed by atoms with Gasteiger partial charge >= 0.3 is 0 Å². The number of nitrogens with zero attached hydrogens (tertiary/aromatic N) is 1. The second-order valence-electron chi connectivity index (χ2n) is 7.36. The number of hydrogen-bond donors (Lipinski definition) is 2. The summed E-state index contributed by atoms with van der Waals surface area (Å²) in [5.41, 5.74) is 1.33. The monoisotopic (exact) mass is 399 g/mol. The van der Waals surface area contributed by atoms with Crippen LogP contribution in [0.25, 0.3) is 0 Å². The van der Waals surface area contributed by atoms with E-state index in [9.17, 15) is 9.59 Å². The third-order valence-corrected chi connectivity index (χ3v) is 6.13. The Morgan fingerprint density at radius 1 is 1.18 bits per heavy atom. The largest absolute Gasteiger partial charge is 0.339 e. The summed E-state index contributed by atoms with van der Waals surface area (Å²) in [7, 11) is 1.97. The fourth-order valence-electron chi connectivity index (χ4n) is 3.64. The lowest BCUT2D eigenvalue weighted by molar-refractivity contribution is -0.116. The molecule has 28 heavy (non-hydrogen) atoms. The summed E-state index contributed by atoms with van der Waals surface area (Å²) >= 11 is 1.72. The number of benzene rings is 1. The molecule has 0 atom stereocenters. The molecule has 0 aliphatic carbocycles. The standard InChI is InChI=1S/C22H29N3O2S/c1-23-16-17-10-12-25(13-11-17)22(27)18-5-2-6-19(15-18)24-21(26)9-3-7-20-8-4-14-28-20/h2,4-6,8,14-15,17,23H,3,7,9-13,16H2,1H3,(H,24,26). The molecule has 0 bridgehead atoms. The summed E-state index contributed by atoms with van der Waals surface area (Å²) in [5.74, 6) is 0.694. The number of aryl methyl sites for hydroxylation is 1. The van der Waals surface area contributed by atoms with E-state index in [1.807, 2.05) is 36.2 Å². The van der Waals surface area contributed by atoms with Crippen LogP contribution in [-0.4, -0.2) is 43.4 Å². The number of carbonyl (C=O) groups is 2. The summed E-state index contributed by atoms with van der Waals surface area (Å²) < 4.78 is 0. The number of hydrogen-bond acceptors (Lipinski definition) is 4. The van der Waals surface area contributed by atoms with Crippen molar-refractivity contribution >= 4 is 28.8 Å². The highest BCUT2D eigenvalue weighted by Gasteiger charge is 2.23. The zero-order valence-electron chi connectivity index (χ0n) is 16.4. The average Bonchev–Trinajstić information content (AvgIpc) is 3.22. The van der Waals surface area contributed by atoms with Crippen LogP contribution in [0.2, 0.25) is 0 Å². The minimum atomic E-state index is -0.00552. The minimum absolute atomic E-state index is 0.00552. The van der Waals surface area contributed by atoms with Gasteiger partial charge in [0.25, 0.3) is 5.91 Å². The van der Waals surface area contributed by atoms with Crippen LogP contribution in [0.4, 0.5) is 5.69 Å². The predicted molar refractivity (Wildman–Crippen MR) is 115 cm³/mol. The first-order valence-corrected chi connectivity index (χ1v) is 10.9. The van der Waals surface area contributed by atoms with Gasteiger partial charge in [0.05, 0.1) is 0 Å². The third-order valence-electron chi connectivity index (χ3n) is 5.19. The minimum Gasteiger partial charge on any atom is -0.339 e. The maximum absolute atomic E-state index is 12.8. The first kappa shape index (κ1) is 20.6. The number of thiophene rings is 1. The van der Waals surface area contributed by atoms with Crippen molar-refractivity contribution in [3.05, 3.63) is 52.2 Å². The highest BCUT2D eigenvalue weighted by Crippen LogP contribution is 2.20. The molecule has 1 aliphatic heterocycles. The lowest BCUT2D eigenvalue weighted by Gasteiger charge is -2.32. The number of nitrogens with one attached hydrogen (secondary N) is 2. The van der Waals surface area contributed by atoms with E-state index in [1.54, 1.807) is 17.4 Å². The Morgan fingerprint density at radius 2 is 2.00 bits per heavy atom. The quantitative estimate of drug-likeness (QED) is 0.710. The lowest BCUT2D eigenvalue weighted by Crippen LogP contribution is -2.40. The second kappa shape index (κ2) is 10.4. The van der Waals surface area contributed by atoms with Crippen molar-refractivity contribution in [2.75, 3.05) is 32.0 Å². The maximum atomic E-state index is 12.8. The molecule has 0 radical (unpaired) electrons. The van der Waals surface area contributed by atoms with Gasteiger partial charge in [0, 0.05) is 35.6 Å². The Labute approximate surface area is 171 Å². The molecule has 1 aromatic carbocycles. The topological polar surface area (TPSA) is 61.4 Å². The average molecular weight is 400 g/mol. The van der Waals surface area contributed by atoms with E-state index in [-0.39, 0.29) is 11.8 Å². The number of carbonyl (C=O) groups excluding carboxylic acids is 2. The number of amides is 2. The van der Waals surface area contributed by atoms with Crippen molar-refractivity contribution in [3.63, 3.8) is 0 Å². The first-order chi connectivity index (χ1) is 13.7. The van der Waals surface area contributed by atoms with E-state index in [0.29, 0.717) is 23.6 Å². The number of piperidine rings is 1. The molecule has 2 heterocycles. The molecule has 5 nitrogen and oxygen atoms in total. The Balaban J connectivity index is 1.49. The Morgan fingerprint density at radius 3 is 2.71 bits per heavy atom. The maximum Gasteiger partial charge on any atom is 0.253 e. The van der Waals surface area contributed by atoms with Gasteiger partial charge in [0.1, 0.15) is 0 Å². The SMILES string of the molecule is CNCC1CCN(C(=O)c2cccc(NC(=O)CCCc3cccs3)c2)CC1. The first-order valence-electron chi connectivity index (χ1n) is 10.0. The summed E-state index contributed by atoms with van der Waals surface area (Å²) in [6, 6.07) is 11.4. The molecule has 1 saturated heterocycles. The van der Waals surface area contributed by atoms with Crippen LogP contribution < -0.4 is 10.6 Å². The fourth-order valence-corrected chi connectivity index (χ4v) is 4.39. The van der Waals surface area contributed by atoms with Gasteiger partial charge in [-0.1, -0.05) is 12.1 Å². The van der Waals surface area contributed by atoms with Crippen molar-refractivity contribution in [3.8, 4) is 0 Å². The highest BCUT2D eigenvalue weighted by molar-refractivity contribution is 7.09. The molecule has 1 aromatic heterocycles. The summed E-state index contributed by atoms with van der Waals surface area (Å²) in [5, 5.41) is 8.20. The molecule has 1 fully saturated rings. The zero-order chi connectivity index (χ0) is 19.8. The van der Waals surface area contributed by atoms with E-state index in [2.05, 4.69) is 22.1 Å². The molecule has 2 aromatic rings. The predicted octanol–water partition coefficient (Wildman–Crippen LogP) is 3.78. The van der Waals surface area contributed by atoms with Crippen LogP contribution in [-0.2, 0) is 11.2 Å². The van der Waals surface area contributed by atoms with E-state index in [1.165, 1.54) is 4.88 Å².